The molecule has 122 valence electrons. The molecule has 2 amide bonds. The number of urea groups is 1. The maximum absolute atomic E-state index is 12.1. The Bertz CT molecular complexity index is 800. The standard InChI is InChI=1S/C17H17N5O2/c1-24-14-8-6-13(7-9-14)10-19-17(23)21-15-4-2-3-5-16(15)22-12-18-11-20-22/h2-9,11-12H,10H2,1H3,(H2,19,21,23). The van der Waals surface area contributed by atoms with Crippen molar-refractivity contribution in [1.29, 1.82) is 0 Å². The molecular formula is C17H17N5O2. The molecule has 3 rings (SSSR count). The molecule has 0 aliphatic rings. The molecule has 0 saturated heterocycles. The number of carbonyl (C=O) groups is 1. The number of para-hydroxylation sites is 2. The van der Waals surface area contributed by atoms with Crippen molar-refractivity contribution in [2.75, 3.05) is 12.4 Å². The van der Waals surface area contributed by atoms with Gasteiger partial charge in [0, 0.05) is 6.54 Å². The van der Waals surface area contributed by atoms with Gasteiger partial charge in [-0.15, -0.1) is 0 Å². The third kappa shape index (κ3) is 3.70. The van der Waals surface area contributed by atoms with Gasteiger partial charge in [-0.25, -0.2) is 14.5 Å². The van der Waals surface area contributed by atoms with Gasteiger partial charge in [0.2, 0.25) is 0 Å². The second-order valence-electron chi connectivity index (χ2n) is 5.01. The Morgan fingerprint density at radius 3 is 2.67 bits per heavy atom. The number of nitrogens with zero attached hydrogens (tertiary/aromatic N) is 3. The summed E-state index contributed by atoms with van der Waals surface area (Å²) in [5.74, 6) is 0.782. The Kier molecular flexibility index (Phi) is 4.71. The van der Waals surface area contributed by atoms with Crippen LogP contribution in [0, 0.1) is 0 Å². The van der Waals surface area contributed by atoms with Crippen LogP contribution >= 0.6 is 0 Å². The zero-order valence-electron chi connectivity index (χ0n) is 13.1. The molecule has 7 heteroatoms. The Hall–Kier alpha value is -3.35. The SMILES string of the molecule is COc1ccc(CNC(=O)Nc2ccccc2-n2cncn2)cc1. The molecule has 0 spiro atoms. The fourth-order valence-electron chi connectivity index (χ4n) is 2.20. The summed E-state index contributed by atoms with van der Waals surface area (Å²) < 4.78 is 6.71. The molecule has 0 aliphatic carbocycles. The molecule has 3 aromatic rings. The smallest absolute Gasteiger partial charge is 0.319 e. The minimum atomic E-state index is -0.293. The molecule has 2 aromatic carbocycles. The fourth-order valence-corrected chi connectivity index (χ4v) is 2.20. The van der Waals surface area contributed by atoms with E-state index in [0.29, 0.717) is 12.2 Å². The van der Waals surface area contributed by atoms with Crippen LogP contribution in [0.25, 0.3) is 5.69 Å². The first-order chi connectivity index (χ1) is 11.8. The highest BCUT2D eigenvalue weighted by Crippen LogP contribution is 2.18. The maximum Gasteiger partial charge on any atom is 0.319 e. The highest BCUT2D eigenvalue weighted by Gasteiger charge is 2.08. The molecule has 1 aromatic heterocycles. The third-order valence-electron chi connectivity index (χ3n) is 3.43. The van der Waals surface area contributed by atoms with Crippen molar-refractivity contribution in [3.8, 4) is 11.4 Å². The maximum atomic E-state index is 12.1. The van der Waals surface area contributed by atoms with Gasteiger partial charge in [0.1, 0.15) is 18.4 Å². The minimum absolute atomic E-state index is 0.293. The highest BCUT2D eigenvalue weighted by atomic mass is 16.5. The number of methoxy groups -OCH3 is 1. The number of anilines is 1. The molecule has 0 unspecified atom stereocenters. The molecule has 0 bridgehead atoms. The molecule has 0 fully saturated rings. The quantitative estimate of drug-likeness (QED) is 0.756. The molecule has 0 saturated carbocycles. The summed E-state index contributed by atoms with van der Waals surface area (Å²) in [4.78, 5) is 16.1. The van der Waals surface area contributed by atoms with E-state index in [9.17, 15) is 4.79 Å². The van der Waals surface area contributed by atoms with Gasteiger partial charge in [0.25, 0.3) is 0 Å². The van der Waals surface area contributed by atoms with Crippen molar-refractivity contribution in [2.45, 2.75) is 6.54 Å². The first-order valence-corrected chi connectivity index (χ1v) is 7.38. The van der Waals surface area contributed by atoms with Gasteiger partial charge in [-0.2, -0.15) is 5.10 Å². The van der Waals surface area contributed by atoms with Crippen LogP contribution in [-0.2, 0) is 6.54 Å². The molecule has 7 nitrogen and oxygen atoms in total. The Balaban J connectivity index is 1.63. The highest BCUT2D eigenvalue weighted by molar-refractivity contribution is 5.91. The second-order valence-corrected chi connectivity index (χ2v) is 5.01. The van der Waals surface area contributed by atoms with Crippen LogP contribution in [0.2, 0.25) is 0 Å². The zero-order valence-corrected chi connectivity index (χ0v) is 13.1. The van der Waals surface area contributed by atoms with Gasteiger partial charge in [-0.05, 0) is 29.8 Å². The number of ether oxygens (including phenoxy) is 1. The van der Waals surface area contributed by atoms with Crippen LogP contribution in [0.5, 0.6) is 5.75 Å². The van der Waals surface area contributed by atoms with Crippen molar-refractivity contribution in [3.63, 3.8) is 0 Å². The summed E-state index contributed by atoms with van der Waals surface area (Å²) >= 11 is 0. The molecule has 2 N–H and O–H groups in total. The predicted octanol–water partition coefficient (Wildman–Crippen LogP) is 2.60. The molecule has 0 radical (unpaired) electrons. The number of amides is 2. The van der Waals surface area contributed by atoms with E-state index < -0.39 is 0 Å². The monoisotopic (exact) mass is 323 g/mol. The van der Waals surface area contributed by atoms with E-state index in [1.807, 2.05) is 48.5 Å². The lowest BCUT2D eigenvalue weighted by atomic mass is 10.2. The summed E-state index contributed by atoms with van der Waals surface area (Å²) in [6.07, 6.45) is 3.02. The van der Waals surface area contributed by atoms with Crippen molar-refractivity contribution in [3.05, 3.63) is 66.7 Å². The van der Waals surface area contributed by atoms with Crippen LogP contribution in [0.4, 0.5) is 10.5 Å². The molecule has 24 heavy (non-hydrogen) atoms. The van der Waals surface area contributed by atoms with E-state index in [0.717, 1.165) is 17.0 Å². The number of rotatable bonds is 5. The van der Waals surface area contributed by atoms with Crippen molar-refractivity contribution < 1.29 is 9.53 Å². The molecule has 0 atom stereocenters. The van der Waals surface area contributed by atoms with Gasteiger partial charge in [-0.3, -0.25) is 0 Å². The lowest BCUT2D eigenvalue weighted by Crippen LogP contribution is -2.28. The van der Waals surface area contributed by atoms with Gasteiger partial charge in [0.15, 0.2) is 0 Å². The summed E-state index contributed by atoms with van der Waals surface area (Å²) in [5.41, 5.74) is 2.38. The summed E-state index contributed by atoms with van der Waals surface area (Å²) in [7, 11) is 1.62. The average molecular weight is 323 g/mol. The number of carbonyl (C=O) groups excluding carboxylic acids is 1. The Morgan fingerprint density at radius 1 is 1.17 bits per heavy atom. The molecule has 0 aliphatic heterocycles. The minimum Gasteiger partial charge on any atom is -0.497 e. The lowest BCUT2D eigenvalue weighted by molar-refractivity contribution is 0.251. The second kappa shape index (κ2) is 7.28. The number of aromatic nitrogens is 3. The Labute approximate surface area is 139 Å². The Morgan fingerprint density at radius 2 is 1.96 bits per heavy atom. The van der Waals surface area contributed by atoms with Crippen LogP contribution in [-0.4, -0.2) is 27.9 Å². The van der Waals surface area contributed by atoms with E-state index >= 15 is 0 Å². The number of benzene rings is 2. The fraction of sp³-hybridized carbons (Fsp3) is 0.118. The predicted molar refractivity (Wildman–Crippen MR) is 90.2 cm³/mol. The van der Waals surface area contributed by atoms with E-state index in [2.05, 4.69) is 20.7 Å². The number of hydrogen-bond acceptors (Lipinski definition) is 4. The topological polar surface area (TPSA) is 81.1 Å². The van der Waals surface area contributed by atoms with Crippen molar-refractivity contribution >= 4 is 11.7 Å². The lowest BCUT2D eigenvalue weighted by Gasteiger charge is -2.11. The van der Waals surface area contributed by atoms with Gasteiger partial charge < -0.3 is 15.4 Å². The van der Waals surface area contributed by atoms with E-state index in [-0.39, 0.29) is 6.03 Å². The van der Waals surface area contributed by atoms with Crippen LogP contribution in [0.15, 0.2) is 61.2 Å². The average Bonchev–Trinajstić information content (AvgIpc) is 3.15. The van der Waals surface area contributed by atoms with Gasteiger partial charge in [0.05, 0.1) is 18.5 Å². The third-order valence-corrected chi connectivity index (χ3v) is 3.43. The van der Waals surface area contributed by atoms with Gasteiger partial charge in [-0.1, -0.05) is 24.3 Å². The first kappa shape index (κ1) is 15.5. The number of hydrogen-bond donors (Lipinski definition) is 2. The largest absolute Gasteiger partial charge is 0.497 e. The van der Waals surface area contributed by atoms with E-state index in [1.165, 1.54) is 6.33 Å². The number of nitrogens with one attached hydrogen (secondary N) is 2. The summed E-state index contributed by atoms with van der Waals surface area (Å²) in [6, 6.07) is 14.6. The van der Waals surface area contributed by atoms with Crippen LogP contribution in [0.3, 0.4) is 0 Å². The van der Waals surface area contributed by atoms with Crippen LogP contribution < -0.4 is 15.4 Å². The molecular weight excluding hydrogens is 306 g/mol. The normalized spacial score (nSPS) is 10.2. The summed E-state index contributed by atoms with van der Waals surface area (Å²) in [6.45, 7) is 0.418. The van der Waals surface area contributed by atoms with Crippen LogP contribution in [0.1, 0.15) is 5.56 Å². The van der Waals surface area contributed by atoms with Crippen molar-refractivity contribution in [2.24, 2.45) is 0 Å². The zero-order chi connectivity index (χ0) is 16.8. The van der Waals surface area contributed by atoms with Crippen molar-refractivity contribution in [1.82, 2.24) is 20.1 Å². The molecule has 1 heterocycles. The van der Waals surface area contributed by atoms with Gasteiger partial charge >= 0.3 is 6.03 Å². The van der Waals surface area contributed by atoms with E-state index in [1.54, 1.807) is 18.1 Å². The first-order valence-electron chi connectivity index (χ1n) is 7.38. The van der Waals surface area contributed by atoms with E-state index in [4.69, 9.17) is 4.74 Å². The summed E-state index contributed by atoms with van der Waals surface area (Å²) in [5, 5.41) is 9.74.